The van der Waals surface area contributed by atoms with Crippen molar-refractivity contribution in [2.45, 2.75) is 25.7 Å². The molecule has 1 N–H and O–H groups in total. The molecule has 12 heteroatoms. The summed E-state index contributed by atoms with van der Waals surface area (Å²) in [7, 11) is -3.83. The van der Waals surface area contributed by atoms with Gasteiger partial charge in [0.15, 0.2) is 17.4 Å². The number of benzene rings is 2. The Morgan fingerprint density at radius 2 is 1.47 bits per heavy atom. The molecule has 0 bridgehead atoms. The predicted molar refractivity (Wildman–Crippen MR) is 136 cm³/mol. The number of rotatable bonds is 17. The summed E-state index contributed by atoms with van der Waals surface area (Å²) in [5.41, 5.74) is 0.294. The number of hydrogen-bond donors (Lipinski definition) is 1. The zero-order valence-corrected chi connectivity index (χ0v) is 22.4. The van der Waals surface area contributed by atoms with E-state index in [4.69, 9.17) is 23.7 Å². The maximum absolute atomic E-state index is 14.5. The van der Waals surface area contributed by atoms with Crippen molar-refractivity contribution in [3.05, 3.63) is 59.2 Å². The molecule has 0 spiro atoms. The number of hydrogen-bond acceptors (Lipinski definition) is 8. The fourth-order valence-electron chi connectivity index (χ4n) is 3.03. The van der Waals surface area contributed by atoms with Gasteiger partial charge in [0, 0.05) is 18.7 Å². The monoisotopic (exact) mass is 557 g/mol. The molecule has 2 rings (SSSR count). The Balaban J connectivity index is 1.89. The summed E-state index contributed by atoms with van der Waals surface area (Å²) < 4.78 is 82.3. The van der Waals surface area contributed by atoms with Gasteiger partial charge >= 0.3 is 5.97 Å². The molecule has 0 aliphatic carbocycles. The van der Waals surface area contributed by atoms with Crippen LogP contribution < -0.4 is 9.46 Å². The molecular weight excluding hydrogens is 524 g/mol. The van der Waals surface area contributed by atoms with Crippen molar-refractivity contribution in [1.29, 1.82) is 0 Å². The lowest BCUT2D eigenvalue weighted by atomic mass is 10.1. The SMILES string of the molecule is CCOCCOCCOCCNS(=O)(=O)c1ccc(Oc2c(F)cc(/C=C(\C)C(=O)OCC)cc2F)cc1. The largest absolute Gasteiger partial charge is 0.463 e. The number of esters is 1. The van der Waals surface area contributed by atoms with Gasteiger partial charge in [-0.1, -0.05) is 0 Å². The summed E-state index contributed by atoms with van der Waals surface area (Å²) in [6, 6.07) is 7.09. The first-order valence-electron chi connectivity index (χ1n) is 12.0. The Hall–Kier alpha value is -2.90. The van der Waals surface area contributed by atoms with Crippen LogP contribution in [0.15, 0.2) is 46.9 Å². The van der Waals surface area contributed by atoms with Crippen molar-refractivity contribution in [3.8, 4) is 11.5 Å². The highest BCUT2D eigenvalue weighted by Crippen LogP contribution is 2.30. The number of carbonyl (C=O) groups excluding carboxylic acids is 1. The molecule has 0 aliphatic rings. The number of halogens is 2. The highest BCUT2D eigenvalue weighted by Gasteiger charge is 2.17. The second-order valence-electron chi connectivity index (χ2n) is 7.75. The van der Waals surface area contributed by atoms with Crippen LogP contribution in [-0.4, -0.2) is 67.2 Å². The Bertz CT molecular complexity index is 1150. The molecule has 9 nitrogen and oxygen atoms in total. The van der Waals surface area contributed by atoms with Crippen molar-refractivity contribution >= 4 is 22.1 Å². The average Bonchev–Trinajstić information content (AvgIpc) is 2.87. The topological polar surface area (TPSA) is 109 Å². The van der Waals surface area contributed by atoms with E-state index in [0.29, 0.717) is 33.0 Å². The Kier molecular flexibility index (Phi) is 13.3. The lowest BCUT2D eigenvalue weighted by molar-refractivity contribution is -0.138. The van der Waals surface area contributed by atoms with E-state index in [1.165, 1.54) is 37.3 Å². The number of carbonyl (C=O) groups is 1. The molecule has 2 aromatic rings. The maximum Gasteiger partial charge on any atom is 0.333 e. The van der Waals surface area contributed by atoms with Gasteiger partial charge in [0.25, 0.3) is 0 Å². The Morgan fingerprint density at radius 3 is 2.05 bits per heavy atom. The van der Waals surface area contributed by atoms with Crippen molar-refractivity contribution in [3.63, 3.8) is 0 Å². The normalized spacial score (nSPS) is 12.0. The van der Waals surface area contributed by atoms with Crippen LogP contribution in [0.3, 0.4) is 0 Å². The predicted octanol–water partition coefficient (Wildman–Crippen LogP) is 4.07. The standard InChI is InChI=1S/C26H33F2NO8S/c1-4-33-12-13-35-15-14-34-11-10-29-38(31,32)22-8-6-21(7-9-22)37-25-23(27)17-20(18-24(25)28)16-19(3)26(30)36-5-2/h6-9,16-18,29H,4-5,10-15H2,1-3H3/b19-16+. The lowest BCUT2D eigenvalue weighted by Gasteiger charge is -2.11. The van der Waals surface area contributed by atoms with Crippen LogP contribution in [0.1, 0.15) is 26.3 Å². The molecular formula is C26H33F2NO8S. The number of ether oxygens (including phenoxy) is 5. The summed E-state index contributed by atoms with van der Waals surface area (Å²) in [6.45, 7) is 7.66. The molecule has 0 radical (unpaired) electrons. The third-order valence-electron chi connectivity index (χ3n) is 4.84. The van der Waals surface area contributed by atoms with E-state index < -0.39 is 33.4 Å². The minimum Gasteiger partial charge on any atom is -0.463 e. The molecule has 0 saturated carbocycles. The molecule has 0 saturated heterocycles. The van der Waals surface area contributed by atoms with Gasteiger partial charge in [0.05, 0.1) is 44.5 Å². The van der Waals surface area contributed by atoms with E-state index in [9.17, 15) is 22.0 Å². The third kappa shape index (κ3) is 10.5. The second kappa shape index (κ2) is 16.1. The fourth-order valence-corrected chi connectivity index (χ4v) is 4.05. The summed E-state index contributed by atoms with van der Waals surface area (Å²) in [5.74, 6) is -3.22. The highest BCUT2D eigenvalue weighted by atomic mass is 32.2. The van der Waals surface area contributed by atoms with E-state index in [0.717, 1.165) is 12.1 Å². The van der Waals surface area contributed by atoms with Gasteiger partial charge in [0.2, 0.25) is 10.0 Å². The van der Waals surface area contributed by atoms with Crippen LogP contribution in [0.25, 0.3) is 6.08 Å². The molecule has 38 heavy (non-hydrogen) atoms. The van der Waals surface area contributed by atoms with E-state index in [2.05, 4.69) is 4.72 Å². The van der Waals surface area contributed by atoms with Crippen LogP contribution in [0.5, 0.6) is 11.5 Å². The molecule has 0 heterocycles. The second-order valence-corrected chi connectivity index (χ2v) is 9.52. The first kappa shape index (κ1) is 31.3. The minimum absolute atomic E-state index is 0.0282. The van der Waals surface area contributed by atoms with E-state index in [-0.39, 0.29) is 41.5 Å². The maximum atomic E-state index is 14.5. The van der Waals surface area contributed by atoms with E-state index in [1.807, 2.05) is 6.92 Å². The van der Waals surface area contributed by atoms with Crippen molar-refractivity contribution in [2.24, 2.45) is 0 Å². The molecule has 0 aromatic heterocycles. The summed E-state index contributed by atoms with van der Waals surface area (Å²) >= 11 is 0. The molecule has 0 atom stereocenters. The zero-order chi connectivity index (χ0) is 28.0. The molecule has 0 unspecified atom stereocenters. The lowest BCUT2D eigenvalue weighted by Crippen LogP contribution is -2.27. The van der Waals surface area contributed by atoms with Gasteiger partial charge in [-0.2, -0.15) is 0 Å². The third-order valence-corrected chi connectivity index (χ3v) is 6.32. The van der Waals surface area contributed by atoms with Crippen LogP contribution in [0, 0.1) is 11.6 Å². The van der Waals surface area contributed by atoms with Crippen molar-refractivity contribution < 1.29 is 45.7 Å². The number of nitrogens with one attached hydrogen (secondary N) is 1. The fraction of sp³-hybridized carbons (Fsp3) is 0.423. The molecule has 0 amide bonds. The van der Waals surface area contributed by atoms with Gasteiger partial charge in [-0.15, -0.1) is 0 Å². The zero-order valence-electron chi connectivity index (χ0n) is 21.6. The van der Waals surface area contributed by atoms with Gasteiger partial charge in [-0.3, -0.25) is 0 Å². The average molecular weight is 558 g/mol. The van der Waals surface area contributed by atoms with Gasteiger partial charge < -0.3 is 23.7 Å². The van der Waals surface area contributed by atoms with Gasteiger partial charge in [-0.05, 0) is 68.8 Å². The summed E-state index contributed by atoms with van der Waals surface area (Å²) in [6.07, 6.45) is 1.30. The number of sulfonamides is 1. The first-order chi connectivity index (χ1) is 18.2. The van der Waals surface area contributed by atoms with Crippen LogP contribution in [0.2, 0.25) is 0 Å². The minimum atomic E-state index is -3.83. The smallest absolute Gasteiger partial charge is 0.333 e. The van der Waals surface area contributed by atoms with E-state index >= 15 is 0 Å². The molecule has 210 valence electrons. The molecule has 2 aromatic carbocycles. The van der Waals surface area contributed by atoms with Crippen molar-refractivity contribution in [2.75, 3.05) is 52.8 Å². The van der Waals surface area contributed by atoms with Crippen LogP contribution in [0.4, 0.5) is 8.78 Å². The van der Waals surface area contributed by atoms with Crippen LogP contribution in [-0.2, 0) is 33.8 Å². The Labute approximate surface area is 221 Å². The summed E-state index contributed by atoms with van der Waals surface area (Å²) in [4.78, 5) is 11.7. The van der Waals surface area contributed by atoms with Gasteiger partial charge in [0.1, 0.15) is 5.75 Å². The molecule has 0 aliphatic heterocycles. The summed E-state index contributed by atoms with van der Waals surface area (Å²) in [5, 5.41) is 0. The highest BCUT2D eigenvalue weighted by molar-refractivity contribution is 7.89. The van der Waals surface area contributed by atoms with Gasteiger partial charge in [-0.25, -0.2) is 26.7 Å². The first-order valence-corrected chi connectivity index (χ1v) is 13.5. The van der Waals surface area contributed by atoms with E-state index in [1.54, 1.807) is 6.92 Å². The Morgan fingerprint density at radius 1 is 0.895 bits per heavy atom. The quantitative estimate of drug-likeness (QED) is 0.176. The molecule has 0 fully saturated rings. The van der Waals surface area contributed by atoms with Crippen molar-refractivity contribution in [1.82, 2.24) is 4.72 Å². The van der Waals surface area contributed by atoms with Crippen LogP contribution >= 0.6 is 0 Å².